The second-order valence-electron chi connectivity index (χ2n) is 7.43. The summed E-state index contributed by atoms with van der Waals surface area (Å²) in [7, 11) is 0. The number of benzene rings is 2. The lowest BCUT2D eigenvalue weighted by molar-refractivity contribution is -0.137. The summed E-state index contributed by atoms with van der Waals surface area (Å²) >= 11 is 0. The summed E-state index contributed by atoms with van der Waals surface area (Å²) in [6, 6.07) is 15.4. The van der Waals surface area contributed by atoms with Crippen LogP contribution in [0.3, 0.4) is 0 Å². The first-order valence-electron chi connectivity index (χ1n) is 9.38. The summed E-state index contributed by atoms with van der Waals surface area (Å²) in [6.07, 6.45) is -3.23. The van der Waals surface area contributed by atoms with Crippen molar-refractivity contribution in [2.75, 3.05) is 24.7 Å². The fourth-order valence-electron chi connectivity index (χ4n) is 4.20. The standard InChI is InChI=1S/C21H22F3N3O/c22-21(23,24)17-7-4-8-18(13-17)27-15-25-19(28)20(27)9-11-26(12-10-20)14-16-5-2-1-3-6-16/h1-8,13H,9-12,14-15H2,(H,25,28). The van der Waals surface area contributed by atoms with Crippen molar-refractivity contribution in [1.29, 1.82) is 0 Å². The maximum atomic E-state index is 13.1. The second kappa shape index (κ2) is 7.13. The molecule has 0 bridgehead atoms. The number of piperidine rings is 1. The highest BCUT2D eigenvalue weighted by atomic mass is 19.4. The number of anilines is 1. The van der Waals surface area contributed by atoms with Crippen molar-refractivity contribution < 1.29 is 18.0 Å². The zero-order valence-electron chi connectivity index (χ0n) is 15.4. The van der Waals surface area contributed by atoms with Gasteiger partial charge >= 0.3 is 6.18 Å². The molecule has 0 saturated carbocycles. The SMILES string of the molecule is O=C1NCN(c2cccc(C(F)(F)F)c2)C12CCN(Cc1ccccc1)CC2. The molecule has 148 valence electrons. The minimum atomic E-state index is -4.40. The van der Waals surface area contributed by atoms with E-state index in [-0.39, 0.29) is 12.6 Å². The van der Waals surface area contributed by atoms with Gasteiger partial charge in [0.1, 0.15) is 5.54 Å². The number of nitrogens with one attached hydrogen (secondary N) is 1. The van der Waals surface area contributed by atoms with Crippen molar-refractivity contribution in [1.82, 2.24) is 10.2 Å². The van der Waals surface area contributed by atoms with Gasteiger partial charge in [0.05, 0.1) is 12.2 Å². The van der Waals surface area contributed by atoms with Crippen LogP contribution in [0.15, 0.2) is 54.6 Å². The Morgan fingerprint density at radius 1 is 1.00 bits per heavy atom. The molecular formula is C21H22F3N3O. The Morgan fingerprint density at radius 3 is 2.39 bits per heavy atom. The number of amides is 1. The number of halogens is 3. The third-order valence-corrected chi connectivity index (χ3v) is 5.75. The van der Waals surface area contributed by atoms with Crippen LogP contribution in [0.5, 0.6) is 0 Å². The smallest absolute Gasteiger partial charge is 0.339 e. The van der Waals surface area contributed by atoms with Gasteiger partial charge in [0.15, 0.2) is 0 Å². The summed E-state index contributed by atoms with van der Waals surface area (Å²) in [5, 5.41) is 2.84. The molecule has 4 rings (SSSR count). The molecule has 0 aliphatic carbocycles. The van der Waals surface area contributed by atoms with Crippen molar-refractivity contribution in [2.45, 2.75) is 31.1 Å². The maximum Gasteiger partial charge on any atom is 0.416 e. The number of likely N-dealkylation sites (tertiary alicyclic amines) is 1. The molecule has 2 aliphatic heterocycles. The number of alkyl halides is 3. The van der Waals surface area contributed by atoms with Gasteiger partial charge in [-0.2, -0.15) is 13.2 Å². The van der Waals surface area contributed by atoms with Gasteiger partial charge in [0.25, 0.3) is 0 Å². The minimum absolute atomic E-state index is 0.0933. The molecule has 0 radical (unpaired) electrons. The number of rotatable bonds is 3. The number of carbonyl (C=O) groups excluding carboxylic acids is 1. The number of hydrogen-bond acceptors (Lipinski definition) is 3. The molecule has 2 saturated heterocycles. The van der Waals surface area contributed by atoms with Gasteiger partial charge < -0.3 is 10.2 Å². The molecule has 1 amide bonds. The van der Waals surface area contributed by atoms with Crippen molar-refractivity contribution in [2.24, 2.45) is 0 Å². The highest BCUT2D eigenvalue weighted by molar-refractivity contribution is 5.93. The van der Waals surface area contributed by atoms with E-state index in [1.807, 2.05) is 23.1 Å². The Labute approximate surface area is 161 Å². The molecule has 0 unspecified atom stereocenters. The van der Waals surface area contributed by atoms with Gasteiger partial charge in [-0.05, 0) is 36.6 Å². The maximum absolute atomic E-state index is 13.1. The van der Waals surface area contributed by atoms with E-state index in [2.05, 4.69) is 22.3 Å². The molecule has 7 heteroatoms. The Morgan fingerprint density at radius 2 is 1.71 bits per heavy atom. The quantitative estimate of drug-likeness (QED) is 0.871. The lowest BCUT2D eigenvalue weighted by Gasteiger charge is -2.43. The fraction of sp³-hybridized carbons (Fsp3) is 0.381. The van der Waals surface area contributed by atoms with Gasteiger partial charge in [-0.25, -0.2) is 0 Å². The molecule has 2 fully saturated rings. The van der Waals surface area contributed by atoms with Crippen LogP contribution in [-0.2, 0) is 17.5 Å². The van der Waals surface area contributed by atoms with Gasteiger partial charge in [0.2, 0.25) is 5.91 Å². The first-order chi connectivity index (χ1) is 13.4. The Hall–Kier alpha value is -2.54. The topological polar surface area (TPSA) is 35.6 Å². The fourth-order valence-corrected chi connectivity index (χ4v) is 4.20. The summed E-state index contributed by atoms with van der Waals surface area (Å²) < 4.78 is 39.3. The van der Waals surface area contributed by atoms with E-state index in [9.17, 15) is 18.0 Å². The number of carbonyl (C=O) groups is 1. The van der Waals surface area contributed by atoms with Crippen molar-refractivity contribution >= 4 is 11.6 Å². The minimum Gasteiger partial charge on any atom is -0.339 e. The molecule has 4 nitrogen and oxygen atoms in total. The summed E-state index contributed by atoms with van der Waals surface area (Å²) in [6.45, 7) is 2.48. The highest BCUT2D eigenvalue weighted by Crippen LogP contribution is 2.39. The van der Waals surface area contributed by atoms with Crippen molar-refractivity contribution in [3.8, 4) is 0 Å². The Kier molecular flexibility index (Phi) is 4.79. The van der Waals surface area contributed by atoms with Crippen LogP contribution in [0, 0.1) is 0 Å². The lowest BCUT2D eigenvalue weighted by atomic mass is 9.85. The molecule has 1 spiro atoms. The third-order valence-electron chi connectivity index (χ3n) is 5.75. The van der Waals surface area contributed by atoms with Crippen LogP contribution < -0.4 is 10.2 Å². The average Bonchev–Trinajstić information content (AvgIpc) is 3.00. The van der Waals surface area contributed by atoms with Crippen LogP contribution in [0.4, 0.5) is 18.9 Å². The monoisotopic (exact) mass is 389 g/mol. The summed E-state index contributed by atoms with van der Waals surface area (Å²) in [4.78, 5) is 16.8. The molecule has 2 heterocycles. The van der Waals surface area contributed by atoms with E-state index in [4.69, 9.17) is 0 Å². The number of hydrogen-bond donors (Lipinski definition) is 1. The second-order valence-corrected chi connectivity index (χ2v) is 7.43. The molecule has 1 N–H and O–H groups in total. The van der Waals surface area contributed by atoms with Gasteiger partial charge in [0, 0.05) is 25.3 Å². The van der Waals surface area contributed by atoms with E-state index in [1.165, 1.54) is 11.6 Å². The van der Waals surface area contributed by atoms with E-state index in [1.54, 1.807) is 6.07 Å². The number of nitrogens with zero attached hydrogens (tertiary/aromatic N) is 2. The zero-order valence-corrected chi connectivity index (χ0v) is 15.4. The normalized spacial score (nSPS) is 19.8. The van der Waals surface area contributed by atoms with E-state index < -0.39 is 17.3 Å². The van der Waals surface area contributed by atoms with E-state index in [0.29, 0.717) is 18.5 Å². The van der Waals surface area contributed by atoms with Crippen LogP contribution in [0.2, 0.25) is 0 Å². The predicted molar refractivity (Wildman–Crippen MR) is 101 cm³/mol. The first kappa shape index (κ1) is 18.8. The van der Waals surface area contributed by atoms with Gasteiger partial charge in [-0.15, -0.1) is 0 Å². The Bertz CT molecular complexity index is 845. The van der Waals surface area contributed by atoms with E-state index in [0.717, 1.165) is 31.8 Å². The zero-order chi connectivity index (χ0) is 19.8. The first-order valence-corrected chi connectivity index (χ1v) is 9.38. The molecular weight excluding hydrogens is 367 g/mol. The lowest BCUT2D eigenvalue weighted by Crippen LogP contribution is -2.56. The summed E-state index contributed by atoms with van der Waals surface area (Å²) in [5.41, 5.74) is 0.173. The van der Waals surface area contributed by atoms with Crippen LogP contribution in [-0.4, -0.2) is 36.1 Å². The summed E-state index contributed by atoms with van der Waals surface area (Å²) in [5.74, 6) is -0.0933. The van der Waals surface area contributed by atoms with Gasteiger partial charge in [-0.1, -0.05) is 36.4 Å². The third kappa shape index (κ3) is 3.46. The average molecular weight is 389 g/mol. The van der Waals surface area contributed by atoms with Crippen molar-refractivity contribution in [3.05, 3.63) is 65.7 Å². The molecule has 2 aromatic carbocycles. The highest BCUT2D eigenvalue weighted by Gasteiger charge is 2.50. The molecule has 28 heavy (non-hydrogen) atoms. The molecule has 0 atom stereocenters. The molecule has 0 aromatic heterocycles. The van der Waals surface area contributed by atoms with Crippen LogP contribution >= 0.6 is 0 Å². The van der Waals surface area contributed by atoms with E-state index >= 15 is 0 Å². The van der Waals surface area contributed by atoms with Crippen LogP contribution in [0.1, 0.15) is 24.0 Å². The van der Waals surface area contributed by atoms with Crippen LogP contribution in [0.25, 0.3) is 0 Å². The Balaban J connectivity index is 1.53. The largest absolute Gasteiger partial charge is 0.416 e. The molecule has 2 aromatic rings. The molecule has 2 aliphatic rings. The van der Waals surface area contributed by atoms with Gasteiger partial charge in [-0.3, -0.25) is 9.69 Å². The van der Waals surface area contributed by atoms with Crippen molar-refractivity contribution in [3.63, 3.8) is 0 Å². The predicted octanol–water partition coefficient (Wildman–Crippen LogP) is 3.63.